The molecule has 0 aliphatic heterocycles. The molecule has 0 radical (unpaired) electrons. The normalized spacial score (nSPS) is 10.9. The SMILES string of the molecule is Cc1cccc(Cn2cnc(NC(=O)c3noc(C)c3COc3ccc(C)c(C)c3)n2)c1. The second-order valence-electron chi connectivity index (χ2n) is 7.81. The van der Waals surface area contributed by atoms with Crippen LogP contribution < -0.4 is 10.1 Å². The first-order chi connectivity index (χ1) is 15.4. The highest BCUT2D eigenvalue weighted by Gasteiger charge is 2.21. The minimum Gasteiger partial charge on any atom is -0.489 e. The predicted octanol–water partition coefficient (Wildman–Crippen LogP) is 4.38. The third-order valence-corrected chi connectivity index (χ3v) is 5.25. The van der Waals surface area contributed by atoms with Crippen molar-refractivity contribution in [2.45, 2.75) is 40.8 Å². The topological polar surface area (TPSA) is 95.1 Å². The van der Waals surface area contributed by atoms with Gasteiger partial charge in [-0.15, -0.1) is 5.10 Å². The van der Waals surface area contributed by atoms with Crippen LogP contribution >= 0.6 is 0 Å². The van der Waals surface area contributed by atoms with Gasteiger partial charge < -0.3 is 9.26 Å². The molecule has 0 bridgehead atoms. The molecule has 0 aliphatic carbocycles. The fraction of sp³-hybridized carbons (Fsp3) is 0.250. The minimum atomic E-state index is -0.450. The van der Waals surface area contributed by atoms with E-state index >= 15 is 0 Å². The molecule has 164 valence electrons. The smallest absolute Gasteiger partial charge is 0.280 e. The zero-order valence-electron chi connectivity index (χ0n) is 18.5. The Hall–Kier alpha value is -3.94. The number of hydrogen-bond acceptors (Lipinski definition) is 6. The Bertz CT molecular complexity index is 1260. The molecule has 8 nitrogen and oxygen atoms in total. The van der Waals surface area contributed by atoms with Crippen molar-refractivity contribution in [1.29, 1.82) is 0 Å². The molecular weight excluding hydrogens is 406 g/mol. The van der Waals surface area contributed by atoms with Gasteiger partial charge in [0.05, 0.1) is 12.1 Å². The zero-order chi connectivity index (χ0) is 22.7. The summed E-state index contributed by atoms with van der Waals surface area (Å²) in [4.78, 5) is 17.0. The molecule has 1 amide bonds. The second-order valence-corrected chi connectivity index (χ2v) is 7.81. The number of hydrogen-bond donors (Lipinski definition) is 1. The van der Waals surface area contributed by atoms with Crippen molar-refractivity contribution in [3.63, 3.8) is 0 Å². The van der Waals surface area contributed by atoms with Gasteiger partial charge in [-0.25, -0.2) is 9.67 Å². The van der Waals surface area contributed by atoms with Gasteiger partial charge in [0.25, 0.3) is 5.91 Å². The largest absolute Gasteiger partial charge is 0.489 e. The van der Waals surface area contributed by atoms with Gasteiger partial charge in [0.2, 0.25) is 5.95 Å². The average molecular weight is 431 g/mol. The summed E-state index contributed by atoms with van der Waals surface area (Å²) in [5.41, 5.74) is 5.34. The van der Waals surface area contributed by atoms with Crippen LogP contribution in [-0.2, 0) is 13.2 Å². The monoisotopic (exact) mass is 431 g/mol. The van der Waals surface area contributed by atoms with Crippen molar-refractivity contribution >= 4 is 11.9 Å². The molecule has 2 heterocycles. The van der Waals surface area contributed by atoms with Gasteiger partial charge in [-0.3, -0.25) is 10.1 Å². The zero-order valence-corrected chi connectivity index (χ0v) is 18.5. The molecule has 4 aromatic rings. The molecular formula is C24H25N5O3. The average Bonchev–Trinajstić information content (AvgIpc) is 3.35. The van der Waals surface area contributed by atoms with Crippen molar-refractivity contribution in [2.24, 2.45) is 0 Å². The van der Waals surface area contributed by atoms with Gasteiger partial charge in [-0.1, -0.05) is 41.1 Å². The Balaban J connectivity index is 1.43. The third kappa shape index (κ3) is 4.85. The fourth-order valence-electron chi connectivity index (χ4n) is 3.29. The lowest BCUT2D eigenvalue weighted by Gasteiger charge is -2.08. The van der Waals surface area contributed by atoms with Crippen LogP contribution in [0.3, 0.4) is 0 Å². The molecule has 1 N–H and O–H groups in total. The van der Waals surface area contributed by atoms with Gasteiger partial charge in [0, 0.05) is 0 Å². The maximum atomic E-state index is 12.8. The van der Waals surface area contributed by atoms with Crippen molar-refractivity contribution in [3.8, 4) is 5.75 Å². The van der Waals surface area contributed by atoms with Crippen LogP contribution in [0.25, 0.3) is 0 Å². The van der Waals surface area contributed by atoms with Gasteiger partial charge in [-0.05, 0) is 56.5 Å². The van der Waals surface area contributed by atoms with E-state index < -0.39 is 5.91 Å². The van der Waals surface area contributed by atoms with E-state index in [1.165, 1.54) is 11.1 Å². The first-order valence-corrected chi connectivity index (χ1v) is 10.3. The van der Waals surface area contributed by atoms with Crippen LogP contribution in [0, 0.1) is 27.7 Å². The number of benzene rings is 2. The molecule has 0 saturated carbocycles. The second kappa shape index (κ2) is 9.05. The standard InChI is InChI=1S/C24H25N5O3/c1-15-6-5-7-19(10-15)12-29-14-25-24(27-29)26-23(30)22-21(18(4)32-28-22)13-31-20-9-8-16(2)17(3)11-20/h5-11,14H,12-13H2,1-4H3,(H,26,27,30). The highest BCUT2D eigenvalue weighted by atomic mass is 16.5. The summed E-state index contributed by atoms with van der Waals surface area (Å²) in [6.07, 6.45) is 1.58. The summed E-state index contributed by atoms with van der Waals surface area (Å²) in [6.45, 7) is 8.58. The number of rotatable bonds is 7. The summed E-state index contributed by atoms with van der Waals surface area (Å²) in [6, 6.07) is 14.0. The molecule has 2 aromatic carbocycles. The Labute approximate surface area is 186 Å². The molecule has 2 aromatic heterocycles. The Morgan fingerprint density at radius 3 is 2.72 bits per heavy atom. The van der Waals surface area contributed by atoms with E-state index in [4.69, 9.17) is 9.26 Å². The number of carbonyl (C=O) groups excluding carboxylic acids is 1. The first-order valence-electron chi connectivity index (χ1n) is 10.3. The van der Waals surface area contributed by atoms with E-state index in [2.05, 4.69) is 26.6 Å². The molecule has 0 atom stereocenters. The van der Waals surface area contributed by atoms with Gasteiger partial charge >= 0.3 is 0 Å². The number of amides is 1. The van der Waals surface area contributed by atoms with Crippen molar-refractivity contribution < 1.29 is 14.1 Å². The Kier molecular flexibility index (Phi) is 6.02. The molecule has 0 aliphatic rings. The molecule has 8 heteroatoms. The number of aryl methyl sites for hydroxylation is 4. The van der Waals surface area contributed by atoms with E-state index in [-0.39, 0.29) is 18.2 Å². The summed E-state index contributed by atoms with van der Waals surface area (Å²) in [7, 11) is 0. The quantitative estimate of drug-likeness (QED) is 0.467. The lowest BCUT2D eigenvalue weighted by Crippen LogP contribution is -2.16. The summed E-state index contributed by atoms with van der Waals surface area (Å²) < 4.78 is 12.8. The van der Waals surface area contributed by atoms with Crippen molar-refractivity contribution in [3.05, 3.63) is 88.1 Å². The van der Waals surface area contributed by atoms with Crippen molar-refractivity contribution in [1.82, 2.24) is 19.9 Å². The number of anilines is 1. The molecule has 0 spiro atoms. The fourth-order valence-corrected chi connectivity index (χ4v) is 3.29. The van der Waals surface area contributed by atoms with Crippen LogP contribution in [0.1, 0.15) is 44.1 Å². The molecule has 4 rings (SSSR count). The maximum Gasteiger partial charge on any atom is 0.280 e. The summed E-state index contributed by atoms with van der Waals surface area (Å²) in [5.74, 6) is 0.992. The van der Waals surface area contributed by atoms with Crippen LogP contribution in [0.15, 0.2) is 53.3 Å². The van der Waals surface area contributed by atoms with Crippen molar-refractivity contribution in [2.75, 3.05) is 5.32 Å². The Morgan fingerprint density at radius 1 is 1.09 bits per heavy atom. The van der Waals surface area contributed by atoms with Gasteiger partial charge in [-0.2, -0.15) is 0 Å². The number of carbonyl (C=O) groups is 1. The summed E-state index contributed by atoms with van der Waals surface area (Å²) in [5, 5.41) is 10.9. The predicted molar refractivity (Wildman–Crippen MR) is 120 cm³/mol. The number of ether oxygens (including phenoxy) is 1. The molecule has 0 unspecified atom stereocenters. The van der Waals surface area contributed by atoms with Gasteiger partial charge in [0.1, 0.15) is 24.4 Å². The lowest BCUT2D eigenvalue weighted by atomic mass is 10.1. The number of nitrogens with zero attached hydrogens (tertiary/aromatic N) is 4. The Morgan fingerprint density at radius 2 is 1.94 bits per heavy atom. The maximum absolute atomic E-state index is 12.8. The van der Waals surface area contributed by atoms with Crippen LogP contribution in [0.2, 0.25) is 0 Å². The summed E-state index contributed by atoms with van der Waals surface area (Å²) >= 11 is 0. The molecule has 32 heavy (non-hydrogen) atoms. The van der Waals surface area contributed by atoms with E-state index in [1.54, 1.807) is 17.9 Å². The van der Waals surface area contributed by atoms with E-state index in [0.29, 0.717) is 17.9 Å². The molecule has 0 fully saturated rings. The number of nitrogens with one attached hydrogen (secondary N) is 1. The van der Waals surface area contributed by atoms with E-state index in [1.807, 2.05) is 57.2 Å². The van der Waals surface area contributed by atoms with Crippen LogP contribution in [0.5, 0.6) is 5.75 Å². The highest BCUT2D eigenvalue weighted by Crippen LogP contribution is 2.21. The van der Waals surface area contributed by atoms with Crippen LogP contribution in [-0.4, -0.2) is 25.8 Å². The van der Waals surface area contributed by atoms with Gasteiger partial charge in [0.15, 0.2) is 5.69 Å². The minimum absolute atomic E-state index is 0.154. The third-order valence-electron chi connectivity index (χ3n) is 5.25. The van der Waals surface area contributed by atoms with E-state index in [9.17, 15) is 4.79 Å². The molecule has 0 saturated heterocycles. The van der Waals surface area contributed by atoms with Crippen LogP contribution in [0.4, 0.5) is 5.95 Å². The first kappa shape index (κ1) is 21.3. The number of aromatic nitrogens is 4. The highest BCUT2D eigenvalue weighted by molar-refractivity contribution is 6.02. The lowest BCUT2D eigenvalue weighted by molar-refractivity contribution is 0.101. The van der Waals surface area contributed by atoms with E-state index in [0.717, 1.165) is 16.9 Å².